The second-order valence-electron chi connectivity index (χ2n) is 4.92. The number of nitriles is 1. The molecule has 0 heterocycles. The summed E-state index contributed by atoms with van der Waals surface area (Å²) >= 11 is 0. The number of fused-ring (bicyclic) bond motifs is 1. The molecule has 0 radical (unpaired) electrons. The molecule has 1 aliphatic rings. The second kappa shape index (κ2) is 5.23. The highest BCUT2D eigenvalue weighted by Crippen LogP contribution is 2.26. The van der Waals surface area contributed by atoms with E-state index in [4.69, 9.17) is 5.26 Å². The van der Waals surface area contributed by atoms with Crippen LogP contribution in [0.25, 0.3) is 0 Å². The summed E-state index contributed by atoms with van der Waals surface area (Å²) in [6, 6.07) is 9.10. The van der Waals surface area contributed by atoms with E-state index in [0.717, 1.165) is 13.0 Å². The van der Waals surface area contributed by atoms with Crippen molar-refractivity contribution in [1.29, 1.82) is 5.26 Å². The lowest BCUT2D eigenvalue weighted by molar-refractivity contribution is 0.631. The van der Waals surface area contributed by atoms with Crippen molar-refractivity contribution in [3.63, 3.8) is 0 Å². The van der Waals surface area contributed by atoms with E-state index in [-0.39, 0.29) is 5.92 Å². The summed E-state index contributed by atoms with van der Waals surface area (Å²) in [6.45, 7) is 2.90. The van der Waals surface area contributed by atoms with Crippen LogP contribution < -0.4 is 4.90 Å². The molecule has 1 aromatic rings. The summed E-state index contributed by atoms with van der Waals surface area (Å²) in [5.41, 5.74) is 4.26. The molecule has 0 aliphatic heterocycles. The zero-order valence-electron chi connectivity index (χ0n) is 10.7. The fourth-order valence-corrected chi connectivity index (χ4v) is 2.49. The van der Waals surface area contributed by atoms with Crippen LogP contribution in [0.3, 0.4) is 0 Å². The molecule has 1 unspecified atom stereocenters. The fraction of sp³-hybridized carbons (Fsp3) is 0.533. The Balaban J connectivity index is 2.09. The van der Waals surface area contributed by atoms with E-state index in [2.05, 4.69) is 43.1 Å². The Morgan fingerprint density at radius 3 is 2.82 bits per heavy atom. The van der Waals surface area contributed by atoms with E-state index >= 15 is 0 Å². The second-order valence-corrected chi connectivity index (χ2v) is 4.92. The summed E-state index contributed by atoms with van der Waals surface area (Å²) in [6.07, 6.45) is 4.66. The highest BCUT2D eigenvalue weighted by molar-refractivity contribution is 5.51. The van der Waals surface area contributed by atoms with Gasteiger partial charge in [-0.25, -0.2) is 0 Å². The quantitative estimate of drug-likeness (QED) is 0.791. The predicted octanol–water partition coefficient (Wildman–Crippen LogP) is 3.16. The summed E-state index contributed by atoms with van der Waals surface area (Å²) in [4.78, 5) is 2.20. The molecule has 90 valence electrons. The molecule has 0 bridgehead atoms. The van der Waals surface area contributed by atoms with Crippen LogP contribution in [0.5, 0.6) is 0 Å². The van der Waals surface area contributed by atoms with Crippen molar-refractivity contribution in [2.24, 2.45) is 5.92 Å². The lowest BCUT2D eigenvalue weighted by Crippen LogP contribution is -2.24. The zero-order valence-corrected chi connectivity index (χ0v) is 10.7. The maximum absolute atomic E-state index is 9.00. The van der Waals surface area contributed by atoms with Gasteiger partial charge in [-0.05, 0) is 48.9 Å². The molecule has 0 saturated carbocycles. The van der Waals surface area contributed by atoms with E-state index < -0.39 is 0 Å². The molecule has 0 fully saturated rings. The molecule has 2 nitrogen and oxygen atoms in total. The zero-order chi connectivity index (χ0) is 12.3. The molecule has 1 aromatic carbocycles. The van der Waals surface area contributed by atoms with Gasteiger partial charge in [-0.15, -0.1) is 0 Å². The van der Waals surface area contributed by atoms with Crippen molar-refractivity contribution >= 4 is 5.69 Å². The molecule has 0 aromatic heterocycles. The lowest BCUT2D eigenvalue weighted by Gasteiger charge is -2.22. The molecule has 1 aliphatic carbocycles. The van der Waals surface area contributed by atoms with Gasteiger partial charge >= 0.3 is 0 Å². The number of hydrogen-bond donors (Lipinski definition) is 0. The highest BCUT2D eigenvalue weighted by atomic mass is 15.1. The van der Waals surface area contributed by atoms with Crippen molar-refractivity contribution in [3.8, 4) is 6.07 Å². The van der Waals surface area contributed by atoms with Crippen LogP contribution in [-0.2, 0) is 12.8 Å². The molecule has 17 heavy (non-hydrogen) atoms. The number of anilines is 1. The van der Waals surface area contributed by atoms with Crippen LogP contribution in [0, 0.1) is 17.2 Å². The first kappa shape index (κ1) is 12.0. The third kappa shape index (κ3) is 2.61. The minimum absolute atomic E-state index is 0.133. The Kier molecular flexibility index (Phi) is 3.68. The average Bonchev–Trinajstić information content (AvgIpc) is 2.82. The van der Waals surface area contributed by atoms with Crippen molar-refractivity contribution in [2.45, 2.75) is 32.6 Å². The Morgan fingerprint density at radius 2 is 2.12 bits per heavy atom. The lowest BCUT2D eigenvalue weighted by atomic mass is 10.1. The van der Waals surface area contributed by atoms with Gasteiger partial charge in [0.15, 0.2) is 0 Å². The highest BCUT2D eigenvalue weighted by Gasteiger charge is 2.14. The van der Waals surface area contributed by atoms with Gasteiger partial charge in [-0.1, -0.05) is 13.0 Å². The summed E-state index contributed by atoms with van der Waals surface area (Å²) < 4.78 is 0. The Morgan fingerprint density at radius 1 is 1.35 bits per heavy atom. The van der Waals surface area contributed by atoms with Gasteiger partial charge in [0.2, 0.25) is 0 Å². The Labute approximate surface area is 104 Å². The van der Waals surface area contributed by atoms with Gasteiger partial charge in [0.05, 0.1) is 12.0 Å². The van der Waals surface area contributed by atoms with Crippen molar-refractivity contribution in [1.82, 2.24) is 0 Å². The van der Waals surface area contributed by atoms with E-state index in [1.165, 1.54) is 36.1 Å². The normalized spacial score (nSPS) is 15.1. The molecule has 0 saturated heterocycles. The molecule has 0 amide bonds. The smallest absolute Gasteiger partial charge is 0.0674 e. The van der Waals surface area contributed by atoms with Crippen molar-refractivity contribution in [2.75, 3.05) is 18.5 Å². The Bertz CT molecular complexity index is 431. The van der Waals surface area contributed by atoms with Crippen LogP contribution in [0.1, 0.15) is 30.9 Å². The van der Waals surface area contributed by atoms with Gasteiger partial charge in [0.1, 0.15) is 0 Å². The van der Waals surface area contributed by atoms with E-state index in [0.29, 0.717) is 0 Å². The average molecular weight is 228 g/mol. The van der Waals surface area contributed by atoms with Crippen molar-refractivity contribution in [3.05, 3.63) is 29.3 Å². The monoisotopic (exact) mass is 228 g/mol. The predicted molar refractivity (Wildman–Crippen MR) is 71.1 cm³/mol. The first-order valence-electron chi connectivity index (χ1n) is 6.47. The maximum Gasteiger partial charge on any atom is 0.0674 e. The number of hydrogen-bond acceptors (Lipinski definition) is 2. The third-order valence-corrected chi connectivity index (χ3v) is 3.69. The maximum atomic E-state index is 9.00. The van der Waals surface area contributed by atoms with Crippen LogP contribution in [0.4, 0.5) is 5.69 Å². The largest absolute Gasteiger partial charge is 0.373 e. The SMILES string of the molecule is CCC(C#N)CN(C)c1ccc2c(c1)CCC2. The molecule has 1 atom stereocenters. The number of aryl methyl sites for hydroxylation is 2. The first-order chi connectivity index (χ1) is 8.24. The van der Waals surface area contributed by atoms with Crippen molar-refractivity contribution < 1.29 is 0 Å². The minimum Gasteiger partial charge on any atom is -0.373 e. The standard InChI is InChI=1S/C15H20N2/c1-3-12(10-16)11-17(2)15-8-7-13-5-4-6-14(13)9-15/h7-9,12H,3-6,11H2,1-2H3. The van der Waals surface area contributed by atoms with E-state index in [9.17, 15) is 0 Å². The number of rotatable bonds is 4. The molecular weight excluding hydrogens is 208 g/mol. The number of nitrogens with zero attached hydrogens (tertiary/aromatic N) is 2. The van der Waals surface area contributed by atoms with Gasteiger partial charge in [-0.2, -0.15) is 5.26 Å². The summed E-state index contributed by atoms with van der Waals surface area (Å²) in [5, 5.41) is 9.00. The molecule has 2 heteroatoms. The fourth-order valence-electron chi connectivity index (χ4n) is 2.49. The van der Waals surface area contributed by atoms with Crippen LogP contribution >= 0.6 is 0 Å². The summed E-state index contributed by atoms with van der Waals surface area (Å²) in [5.74, 6) is 0.133. The number of benzene rings is 1. The van der Waals surface area contributed by atoms with Gasteiger partial charge < -0.3 is 4.90 Å². The van der Waals surface area contributed by atoms with Gasteiger partial charge in [0.25, 0.3) is 0 Å². The summed E-state index contributed by atoms with van der Waals surface area (Å²) in [7, 11) is 2.08. The minimum atomic E-state index is 0.133. The molecule has 0 N–H and O–H groups in total. The first-order valence-corrected chi connectivity index (χ1v) is 6.47. The molecule has 2 rings (SSSR count). The van der Waals surface area contributed by atoms with E-state index in [1.54, 1.807) is 0 Å². The van der Waals surface area contributed by atoms with Crippen LogP contribution in [-0.4, -0.2) is 13.6 Å². The van der Waals surface area contributed by atoms with Crippen LogP contribution in [0.2, 0.25) is 0 Å². The molecular formula is C15H20N2. The Hall–Kier alpha value is -1.49. The van der Waals surface area contributed by atoms with E-state index in [1.807, 2.05) is 0 Å². The van der Waals surface area contributed by atoms with Gasteiger partial charge in [-0.3, -0.25) is 0 Å². The topological polar surface area (TPSA) is 27.0 Å². The molecule has 0 spiro atoms. The van der Waals surface area contributed by atoms with Crippen LogP contribution in [0.15, 0.2) is 18.2 Å². The third-order valence-electron chi connectivity index (χ3n) is 3.69. The van der Waals surface area contributed by atoms with Gasteiger partial charge in [0, 0.05) is 19.3 Å².